The second-order valence-electron chi connectivity index (χ2n) is 5.13. The molecule has 144 valence electrons. The Labute approximate surface area is 140 Å². The molecule has 26 heavy (non-hydrogen) atoms. The molecule has 1 unspecified atom stereocenters. The lowest BCUT2D eigenvalue weighted by atomic mass is 9.88. The van der Waals surface area contributed by atoms with Gasteiger partial charge < -0.3 is 10.5 Å². The van der Waals surface area contributed by atoms with Crippen molar-refractivity contribution in [2.24, 2.45) is 0 Å². The maximum absolute atomic E-state index is 13.3. The molecule has 0 heterocycles. The highest BCUT2D eigenvalue weighted by atomic mass is 19.4. The fourth-order valence-electron chi connectivity index (χ4n) is 2.05. The number of rotatable bonds is 4. The zero-order chi connectivity index (χ0) is 20.7. The van der Waals surface area contributed by atoms with E-state index in [1.165, 1.54) is 0 Å². The van der Waals surface area contributed by atoms with Gasteiger partial charge in [-0.3, -0.25) is 19.7 Å². The van der Waals surface area contributed by atoms with E-state index in [1.807, 2.05) is 0 Å². The van der Waals surface area contributed by atoms with E-state index in [4.69, 9.17) is 5.73 Å². The van der Waals surface area contributed by atoms with Crippen LogP contribution in [0.5, 0.6) is 0 Å². The highest BCUT2D eigenvalue weighted by Crippen LogP contribution is 2.45. The van der Waals surface area contributed by atoms with Crippen molar-refractivity contribution in [3.63, 3.8) is 0 Å². The van der Waals surface area contributed by atoms with Crippen molar-refractivity contribution in [2.75, 3.05) is 5.73 Å². The SMILES string of the molecule is CC(=O)OC(C)(C(=O)c1c(N)ccc([N+](=O)[O-])c1C(F)(F)F)C(F)(F)F. The predicted molar refractivity (Wildman–Crippen MR) is 73.1 cm³/mol. The Morgan fingerprint density at radius 2 is 1.65 bits per heavy atom. The molecule has 7 nitrogen and oxygen atoms in total. The summed E-state index contributed by atoms with van der Waals surface area (Å²) in [5, 5.41) is 10.8. The molecule has 0 saturated heterocycles. The lowest BCUT2D eigenvalue weighted by molar-refractivity contribution is -0.388. The minimum atomic E-state index is -5.63. The number of hydrogen-bond acceptors (Lipinski definition) is 6. The Hall–Kier alpha value is -2.86. The number of hydrogen-bond donors (Lipinski definition) is 1. The first-order valence-corrected chi connectivity index (χ1v) is 6.49. The molecule has 1 rings (SSSR count). The number of alkyl halides is 6. The first kappa shape index (κ1) is 21.2. The molecule has 0 aliphatic carbocycles. The van der Waals surface area contributed by atoms with Crippen molar-refractivity contribution >= 4 is 23.1 Å². The third-order valence-electron chi connectivity index (χ3n) is 3.24. The van der Waals surface area contributed by atoms with E-state index in [9.17, 15) is 46.0 Å². The van der Waals surface area contributed by atoms with Crippen LogP contribution in [0.4, 0.5) is 37.7 Å². The molecule has 0 aliphatic heterocycles. The molecule has 1 atom stereocenters. The van der Waals surface area contributed by atoms with E-state index < -0.39 is 57.1 Å². The molecule has 13 heteroatoms. The first-order chi connectivity index (χ1) is 11.5. The minimum Gasteiger partial charge on any atom is -0.441 e. The zero-order valence-corrected chi connectivity index (χ0v) is 13.0. The number of ether oxygens (including phenoxy) is 1. The summed E-state index contributed by atoms with van der Waals surface area (Å²) in [6.45, 7) is 0.522. The quantitative estimate of drug-likeness (QED) is 0.212. The van der Waals surface area contributed by atoms with Crippen LogP contribution >= 0.6 is 0 Å². The van der Waals surface area contributed by atoms with Gasteiger partial charge in [0.1, 0.15) is 5.56 Å². The summed E-state index contributed by atoms with van der Waals surface area (Å²) in [5.41, 5.74) is -5.69. The number of carbonyl (C=O) groups excluding carboxylic acids is 2. The number of halogens is 6. The second kappa shape index (κ2) is 6.46. The van der Waals surface area contributed by atoms with E-state index in [0.29, 0.717) is 19.1 Å². The highest BCUT2D eigenvalue weighted by Gasteiger charge is 2.62. The van der Waals surface area contributed by atoms with Gasteiger partial charge >= 0.3 is 18.3 Å². The number of nitrogen functional groups attached to an aromatic ring is 1. The summed E-state index contributed by atoms with van der Waals surface area (Å²) in [6, 6.07) is 0.775. The summed E-state index contributed by atoms with van der Waals surface area (Å²) in [6.07, 6.45) is -11.2. The van der Waals surface area contributed by atoms with Gasteiger partial charge in [0.25, 0.3) is 11.3 Å². The molecule has 0 bridgehead atoms. The highest BCUT2D eigenvalue weighted by molar-refractivity contribution is 6.09. The number of nitrogens with two attached hydrogens (primary N) is 1. The largest absolute Gasteiger partial charge is 0.441 e. The zero-order valence-electron chi connectivity index (χ0n) is 13.0. The average molecular weight is 388 g/mol. The topological polar surface area (TPSA) is 113 Å². The molecule has 0 amide bonds. The Kier molecular flexibility index (Phi) is 5.26. The molecule has 1 aromatic carbocycles. The van der Waals surface area contributed by atoms with Gasteiger partial charge in [-0.25, -0.2) is 0 Å². The summed E-state index contributed by atoms with van der Waals surface area (Å²) in [4.78, 5) is 32.6. The van der Waals surface area contributed by atoms with Gasteiger partial charge in [0.15, 0.2) is 0 Å². The number of carbonyl (C=O) groups is 2. The Morgan fingerprint density at radius 3 is 2.00 bits per heavy atom. The Morgan fingerprint density at radius 1 is 1.15 bits per heavy atom. The van der Waals surface area contributed by atoms with Crippen molar-refractivity contribution < 1.29 is 45.6 Å². The number of benzene rings is 1. The first-order valence-electron chi connectivity index (χ1n) is 6.49. The van der Waals surface area contributed by atoms with E-state index >= 15 is 0 Å². The van der Waals surface area contributed by atoms with Gasteiger partial charge in [-0.2, -0.15) is 26.3 Å². The average Bonchev–Trinajstić information content (AvgIpc) is 2.42. The number of nitrogens with zero attached hydrogens (tertiary/aromatic N) is 1. The fourth-order valence-corrected chi connectivity index (χ4v) is 2.05. The van der Waals surface area contributed by atoms with Crippen LogP contribution < -0.4 is 5.73 Å². The summed E-state index contributed by atoms with van der Waals surface area (Å²) in [7, 11) is 0. The number of nitro benzene ring substituents is 1. The molecule has 0 fully saturated rings. The summed E-state index contributed by atoms with van der Waals surface area (Å²) < 4.78 is 83.5. The Bertz CT molecular complexity index is 774. The van der Waals surface area contributed by atoms with Crippen molar-refractivity contribution in [3.8, 4) is 0 Å². The summed E-state index contributed by atoms with van der Waals surface area (Å²) in [5.74, 6) is -4.01. The van der Waals surface area contributed by atoms with Crippen molar-refractivity contribution in [2.45, 2.75) is 31.8 Å². The van der Waals surface area contributed by atoms with Crippen LogP contribution in [0, 0.1) is 10.1 Å². The number of nitro groups is 1. The van der Waals surface area contributed by atoms with Crippen LogP contribution in [0.25, 0.3) is 0 Å². The van der Waals surface area contributed by atoms with Gasteiger partial charge in [-0.05, 0) is 13.0 Å². The van der Waals surface area contributed by atoms with Crippen LogP contribution in [0.2, 0.25) is 0 Å². The lowest BCUT2D eigenvalue weighted by Crippen LogP contribution is -2.53. The van der Waals surface area contributed by atoms with Crippen LogP contribution in [-0.4, -0.2) is 28.5 Å². The summed E-state index contributed by atoms with van der Waals surface area (Å²) >= 11 is 0. The molecule has 0 aliphatic rings. The van der Waals surface area contributed by atoms with Crippen LogP contribution in [0.1, 0.15) is 29.8 Å². The van der Waals surface area contributed by atoms with Crippen molar-refractivity contribution in [3.05, 3.63) is 33.4 Å². The van der Waals surface area contributed by atoms with Gasteiger partial charge in [0, 0.05) is 18.7 Å². The third-order valence-corrected chi connectivity index (χ3v) is 3.24. The van der Waals surface area contributed by atoms with E-state index in [2.05, 4.69) is 4.74 Å². The van der Waals surface area contributed by atoms with Crippen LogP contribution in [0.3, 0.4) is 0 Å². The molecular formula is C13H10F6N2O5. The molecule has 0 radical (unpaired) electrons. The van der Waals surface area contributed by atoms with Crippen LogP contribution in [-0.2, 0) is 15.7 Å². The molecular weight excluding hydrogens is 378 g/mol. The fraction of sp³-hybridized carbons (Fsp3) is 0.385. The standard InChI is InChI=1S/C13H10F6N2O5/c1-5(22)26-11(2,13(17,18)19)10(23)8-6(20)3-4-7(21(24)25)9(8)12(14,15)16/h3-4H,20H2,1-2H3. The van der Waals surface area contributed by atoms with Gasteiger partial charge in [0.2, 0.25) is 5.78 Å². The predicted octanol–water partition coefficient (Wildman–Crippen LogP) is 3.26. The van der Waals surface area contributed by atoms with Gasteiger partial charge in [-0.15, -0.1) is 0 Å². The number of Topliss-reactive ketones (excluding diaryl/α,β-unsaturated/α-hetero) is 1. The Balaban J connectivity index is 3.89. The molecule has 2 N–H and O–H groups in total. The second-order valence-corrected chi connectivity index (χ2v) is 5.13. The number of anilines is 1. The van der Waals surface area contributed by atoms with E-state index in [-0.39, 0.29) is 6.92 Å². The van der Waals surface area contributed by atoms with E-state index in [0.717, 1.165) is 0 Å². The molecule has 0 aromatic heterocycles. The monoisotopic (exact) mass is 388 g/mol. The van der Waals surface area contributed by atoms with Crippen molar-refractivity contribution in [1.82, 2.24) is 0 Å². The minimum absolute atomic E-state index is 0.0230. The van der Waals surface area contributed by atoms with Gasteiger partial charge in [0.05, 0.1) is 10.5 Å². The molecule has 1 aromatic rings. The third kappa shape index (κ3) is 3.70. The van der Waals surface area contributed by atoms with E-state index in [1.54, 1.807) is 0 Å². The molecule has 0 saturated carbocycles. The number of ketones is 1. The smallest absolute Gasteiger partial charge is 0.435 e. The number of esters is 1. The lowest BCUT2D eigenvalue weighted by Gasteiger charge is -2.30. The maximum Gasteiger partial charge on any atom is 0.435 e. The molecule has 0 spiro atoms. The van der Waals surface area contributed by atoms with Gasteiger partial charge in [-0.1, -0.05) is 0 Å². The normalized spacial score (nSPS) is 14.5. The van der Waals surface area contributed by atoms with Crippen molar-refractivity contribution in [1.29, 1.82) is 0 Å². The van der Waals surface area contributed by atoms with Crippen LogP contribution in [0.15, 0.2) is 12.1 Å². The maximum atomic E-state index is 13.3.